The number of hydrogen-bond donors (Lipinski definition) is 2. The Hall–Kier alpha value is -2.31. The van der Waals surface area contributed by atoms with E-state index in [1.54, 1.807) is 36.4 Å². The second-order valence-corrected chi connectivity index (χ2v) is 10.6. The molecule has 9 nitrogen and oxygen atoms in total. The molecule has 168 valence electrons. The molecule has 11 heteroatoms. The average molecular weight is 468 g/mol. The number of ether oxygens (including phenoxy) is 1. The zero-order valence-corrected chi connectivity index (χ0v) is 18.5. The highest BCUT2D eigenvalue weighted by molar-refractivity contribution is 7.89. The number of sulfonamides is 2. The molecule has 1 heterocycles. The van der Waals surface area contributed by atoms with Gasteiger partial charge in [-0.25, -0.2) is 22.0 Å². The van der Waals surface area contributed by atoms with Gasteiger partial charge in [0, 0.05) is 26.1 Å². The van der Waals surface area contributed by atoms with E-state index in [1.807, 2.05) is 0 Å². The minimum atomic E-state index is -3.80. The monoisotopic (exact) mass is 467 g/mol. The van der Waals surface area contributed by atoms with E-state index in [0.29, 0.717) is 38.3 Å². The number of morpholine rings is 1. The van der Waals surface area contributed by atoms with Crippen molar-refractivity contribution >= 4 is 26.0 Å². The summed E-state index contributed by atoms with van der Waals surface area (Å²) < 4.78 is 54.7. The number of carbonyl (C=O) groups is 1. The maximum Gasteiger partial charge on any atom is 0.243 e. The summed E-state index contributed by atoms with van der Waals surface area (Å²) in [7, 11) is -7.34. The van der Waals surface area contributed by atoms with Crippen molar-refractivity contribution in [3.63, 3.8) is 0 Å². The summed E-state index contributed by atoms with van der Waals surface area (Å²) >= 11 is 0. The van der Waals surface area contributed by atoms with E-state index >= 15 is 0 Å². The van der Waals surface area contributed by atoms with Crippen LogP contribution in [0.5, 0.6) is 0 Å². The number of nitrogens with two attached hydrogens (primary N) is 1. The van der Waals surface area contributed by atoms with Crippen LogP contribution >= 0.6 is 0 Å². The summed E-state index contributed by atoms with van der Waals surface area (Å²) in [6.07, 6.45) is 0.658. The maximum absolute atomic E-state index is 12.6. The van der Waals surface area contributed by atoms with Crippen molar-refractivity contribution < 1.29 is 26.4 Å². The third kappa shape index (κ3) is 6.34. The van der Waals surface area contributed by atoms with Crippen molar-refractivity contribution in [3.05, 3.63) is 59.7 Å². The number of primary sulfonamides is 1. The predicted molar refractivity (Wildman–Crippen MR) is 114 cm³/mol. The van der Waals surface area contributed by atoms with E-state index in [4.69, 9.17) is 9.88 Å². The van der Waals surface area contributed by atoms with Gasteiger partial charge in [0.1, 0.15) is 0 Å². The molecule has 31 heavy (non-hydrogen) atoms. The van der Waals surface area contributed by atoms with Gasteiger partial charge in [-0.05, 0) is 41.8 Å². The quantitative estimate of drug-likeness (QED) is 0.584. The molecule has 0 radical (unpaired) electrons. The van der Waals surface area contributed by atoms with Gasteiger partial charge in [0.25, 0.3) is 0 Å². The highest BCUT2D eigenvalue weighted by atomic mass is 32.2. The molecule has 0 bridgehead atoms. The smallest absolute Gasteiger partial charge is 0.243 e. The SMILES string of the molecule is NS(=O)(=O)c1cccc(CNC(=O)CCc2ccc(S(=O)(=O)N3CCOCC3)cc2)c1. The minimum absolute atomic E-state index is 0.00799. The Morgan fingerprint density at radius 3 is 2.29 bits per heavy atom. The Morgan fingerprint density at radius 2 is 1.65 bits per heavy atom. The molecule has 3 rings (SSSR count). The summed E-state index contributed by atoms with van der Waals surface area (Å²) in [6.45, 7) is 1.63. The molecule has 1 saturated heterocycles. The Bertz CT molecular complexity index is 1130. The second kappa shape index (κ2) is 9.88. The zero-order valence-electron chi connectivity index (χ0n) is 16.9. The number of nitrogens with one attached hydrogen (secondary N) is 1. The Balaban J connectivity index is 1.51. The molecular weight excluding hydrogens is 442 g/mol. The fourth-order valence-electron chi connectivity index (χ4n) is 3.14. The maximum atomic E-state index is 12.6. The number of aryl methyl sites for hydroxylation is 1. The number of benzene rings is 2. The molecule has 2 aromatic carbocycles. The van der Waals surface area contributed by atoms with Crippen LogP contribution in [0.15, 0.2) is 58.3 Å². The molecule has 0 unspecified atom stereocenters. The lowest BCUT2D eigenvalue weighted by Gasteiger charge is -2.26. The number of rotatable bonds is 8. The predicted octanol–water partition coefficient (Wildman–Crippen LogP) is 0.604. The molecule has 0 saturated carbocycles. The molecule has 0 aromatic heterocycles. The summed E-state index contributed by atoms with van der Waals surface area (Å²) in [4.78, 5) is 12.3. The molecule has 1 amide bonds. The largest absolute Gasteiger partial charge is 0.379 e. The normalized spacial score (nSPS) is 15.5. The Morgan fingerprint density at radius 1 is 0.968 bits per heavy atom. The lowest BCUT2D eigenvalue weighted by molar-refractivity contribution is -0.121. The van der Waals surface area contributed by atoms with Gasteiger partial charge in [0.2, 0.25) is 26.0 Å². The van der Waals surface area contributed by atoms with Crippen LogP contribution in [0.3, 0.4) is 0 Å². The Labute approximate surface area is 182 Å². The van der Waals surface area contributed by atoms with Crippen LogP contribution in [-0.2, 0) is 42.5 Å². The molecular formula is C20H25N3O6S2. The molecule has 2 aromatic rings. The van der Waals surface area contributed by atoms with Crippen LogP contribution in [0.4, 0.5) is 0 Å². The van der Waals surface area contributed by atoms with Crippen LogP contribution in [0.2, 0.25) is 0 Å². The molecule has 1 fully saturated rings. The van der Waals surface area contributed by atoms with Crippen LogP contribution in [0, 0.1) is 0 Å². The number of amides is 1. The summed E-state index contributed by atoms with van der Waals surface area (Å²) in [5.41, 5.74) is 1.46. The average Bonchev–Trinajstić information content (AvgIpc) is 2.77. The Kier molecular flexibility index (Phi) is 7.44. The van der Waals surface area contributed by atoms with Gasteiger partial charge in [0.15, 0.2) is 0 Å². The van der Waals surface area contributed by atoms with Crippen LogP contribution in [0.25, 0.3) is 0 Å². The molecule has 0 spiro atoms. The van der Waals surface area contributed by atoms with Crippen molar-refractivity contribution in [1.29, 1.82) is 0 Å². The van der Waals surface area contributed by atoms with E-state index in [0.717, 1.165) is 5.56 Å². The van der Waals surface area contributed by atoms with Crippen LogP contribution < -0.4 is 10.5 Å². The van der Waals surface area contributed by atoms with E-state index in [9.17, 15) is 21.6 Å². The van der Waals surface area contributed by atoms with Gasteiger partial charge in [0.05, 0.1) is 23.0 Å². The highest BCUT2D eigenvalue weighted by Crippen LogP contribution is 2.18. The topological polar surface area (TPSA) is 136 Å². The van der Waals surface area contributed by atoms with Gasteiger partial charge < -0.3 is 10.1 Å². The first-order valence-corrected chi connectivity index (χ1v) is 12.7. The third-order valence-corrected chi connectivity index (χ3v) is 7.71. The van der Waals surface area contributed by atoms with Crippen molar-refractivity contribution in [2.45, 2.75) is 29.2 Å². The second-order valence-electron chi connectivity index (χ2n) is 7.13. The molecule has 0 aliphatic carbocycles. The fraction of sp³-hybridized carbons (Fsp3) is 0.350. The van der Waals surface area contributed by atoms with E-state index in [-0.39, 0.29) is 28.7 Å². The summed E-state index contributed by atoms with van der Waals surface area (Å²) in [6, 6.07) is 12.6. The van der Waals surface area contributed by atoms with E-state index < -0.39 is 20.0 Å². The number of nitrogens with zero attached hydrogens (tertiary/aromatic N) is 1. The van der Waals surface area contributed by atoms with Gasteiger partial charge in [-0.3, -0.25) is 4.79 Å². The van der Waals surface area contributed by atoms with Gasteiger partial charge in [-0.1, -0.05) is 24.3 Å². The van der Waals surface area contributed by atoms with Crippen LogP contribution in [-0.4, -0.2) is 53.4 Å². The highest BCUT2D eigenvalue weighted by Gasteiger charge is 2.26. The summed E-state index contributed by atoms with van der Waals surface area (Å²) in [5.74, 6) is -0.203. The molecule has 1 aliphatic heterocycles. The number of hydrogen-bond acceptors (Lipinski definition) is 6. The first-order chi connectivity index (χ1) is 14.7. The van der Waals surface area contributed by atoms with Gasteiger partial charge in [-0.15, -0.1) is 0 Å². The first kappa shape index (κ1) is 23.4. The number of carbonyl (C=O) groups excluding carboxylic acids is 1. The third-order valence-electron chi connectivity index (χ3n) is 4.89. The standard InChI is InChI=1S/C20H25N3O6S2/c21-30(25,26)19-3-1-2-17(14-19)15-22-20(24)9-6-16-4-7-18(8-5-16)31(27,28)23-10-12-29-13-11-23/h1-5,7-8,14H,6,9-13,15H2,(H,22,24)(H2,21,25,26). The van der Waals surface area contributed by atoms with Crippen molar-refractivity contribution in [2.24, 2.45) is 5.14 Å². The first-order valence-electron chi connectivity index (χ1n) is 9.71. The molecule has 3 N–H and O–H groups in total. The lowest BCUT2D eigenvalue weighted by Crippen LogP contribution is -2.40. The fourth-order valence-corrected chi connectivity index (χ4v) is 5.14. The van der Waals surface area contributed by atoms with Crippen molar-refractivity contribution in [3.8, 4) is 0 Å². The minimum Gasteiger partial charge on any atom is -0.379 e. The van der Waals surface area contributed by atoms with Crippen LogP contribution in [0.1, 0.15) is 17.5 Å². The lowest BCUT2D eigenvalue weighted by atomic mass is 10.1. The van der Waals surface area contributed by atoms with E-state index in [2.05, 4.69) is 5.32 Å². The molecule has 1 aliphatic rings. The van der Waals surface area contributed by atoms with E-state index in [1.165, 1.54) is 16.4 Å². The van der Waals surface area contributed by atoms with Crippen molar-refractivity contribution in [2.75, 3.05) is 26.3 Å². The van der Waals surface area contributed by atoms with Crippen molar-refractivity contribution in [1.82, 2.24) is 9.62 Å². The molecule has 0 atom stereocenters. The van der Waals surface area contributed by atoms with Gasteiger partial charge >= 0.3 is 0 Å². The zero-order chi connectivity index (χ0) is 22.5. The summed E-state index contributed by atoms with van der Waals surface area (Å²) in [5, 5.41) is 7.85. The van der Waals surface area contributed by atoms with Gasteiger partial charge in [-0.2, -0.15) is 4.31 Å².